The maximum Gasteiger partial charge on any atom is 0.236 e. The van der Waals surface area contributed by atoms with Gasteiger partial charge in [0.1, 0.15) is 11.7 Å². The van der Waals surface area contributed by atoms with Crippen LogP contribution in [0.1, 0.15) is 18.5 Å². The minimum atomic E-state index is -0.982. The molecule has 3 atom stereocenters. The summed E-state index contributed by atoms with van der Waals surface area (Å²) in [5.41, 5.74) is 0.472. The number of carbonyl (C=O) groups is 1. The van der Waals surface area contributed by atoms with Gasteiger partial charge in [0.25, 0.3) is 0 Å². The lowest BCUT2D eigenvalue weighted by Gasteiger charge is -2.50. The molecule has 2 aliphatic heterocycles. The van der Waals surface area contributed by atoms with Crippen LogP contribution >= 0.6 is 35.4 Å². The number of anilines is 1. The van der Waals surface area contributed by atoms with Gasteiger partial charge in [0.2, 0.25) is 5.91 Å². The Morgan fingerprint density at radius 3 is 2.62 bits per heavy atom. The van der Waals surface area contributed by atoms with E-state index in [9.17, 15) is 4.79 Å². The maximum atomic E-state index is 13.1. The molecule has 0 unspecified atom stereocenters. The largest absolute Gasteiger partial charge is 0.467 e. The van der Waals surface area contributed by atoms with Gasteiger partial charge in [-0.25, -0.2) is 0 Å². The van der Waals surface area contributed by atoms with Crippen LogP contribution in [0.15, 0.2) is 42.5 Å². The molecular formula is C18H15Cl2N3O2S. The van der Waals surface area contributed by atoms with Crippen LogP contribution in [0.2, 0.25) is 10.0 Å². The predicted octanol–water partition coefficient (Wildman–Crippen LogP) is 3.88. The Morgan fingerprint density at radius 2 is 1.88 bits per heavy atom. The van der Waals surface area contributed by atoms with E-state index in [2.05, 4.69) is 16.0 Å². The zero-order chi connectivity index (χ0) is 18.5. The summed E-state index contributed by atoms with van der Waals surface area (Å²) in [6, 6.07) is 11.9. The fraction of sp³-hybridized carbons (Fsp3) is 0.222. The number of hydrogen-bond donors (Lipinski definition) is 3. The van der Waals surface area contributed by atoms with Crippen molar-refractivity contribution in [2.24, 2.45) is 5.92 Å². The zero-order valence-corrected chi connectivity index (χ0v) is 16.0. The van der Waals surface area contributed by atoms with E-state index in [1.54, 1.807) is 42.5 Å². The number of nitrogens with one attached hydrogen (secondary N) is 3. The first-order valence-electron chi connectivity index (χ1n) is 7.99. The lowest BCUT2D eigenvalue weighted by Crippen LogP contribution is -2.70. The van der Waals surface area contributed by atoms with Crippen LogP contribution in [-0.2, 0) is 4.79 Å². The zero-order valence-electron chi connectivity index (χ0n) is 13.7. The molecule has 2 bridgehead atoms. The summed E-state index contributed by atoms with van der Waals surface area (Å²) in [6.45, 7) is 1.82. The highest BCUT2D eigenvalue weighted by Gasteiger charge is 2.54. The van der Waals surface area contributed by atoms with E-state index in [0.717, 1.165) is 5.56 Å². The molecule has 2 aliphatic rings. The molecule has 1 fully saturated rings. The molecule has 2 heterocycles. The van der Waals surface area contributed by atoms with E-state index in [-0.39, 0.29) is 11.9 Å². The molecule has 3 N–H and O–H groups in total. The molecule has 0 saturated carbocycles. The van der Waals surface area contributed by atoms with Crippen LogP contribution in [0, 0.1) is 5.92 Å². The van der Waals surface area contributed by atoms with Crippen molar-refractivity contribution in [3.8, 4) is 5.75 Å². The summed E-state index contributed by atoms with van der Waals surface area (Å²) < 4.78 is 6.13. The van der Waals surface area contributed by atoms with E-state index in [4.69, 9.17) is 40.2 Å². The van der Waals surface area contributed by atoms with E-state index >= 15 is 0 Å². The topological polar surface area (TPSA) is 62.4 Å². The minimum Gasteiger partial charge on any atom is -0.467 e. The SMILES string of the molecule is C[C@@]12NC(=S)N[C@@H](c3cc(Cl)ccc3O1)[C@@H]2C(=O)Nc1ccc(Cl)cc1. The van der Waals surface area contributed by atoms with Crippen molar-refractivity contribution in [1.29, 1.82) is 0 Å². The summed E-state index contributed by atoms with van der Waals surface area (Å²) in [7, 11) is 0. The highest BCUT2D eigenvalue weighted by atomic mass is 35.5. The van der Waals surface area contributed by atoms with Crippen molar-refractivity contribution in [3.63, 3.8) is 0 Å². The van der Waals surface area contributed by atoms with Crippen molar-refractivity contribution in [3.05, 3.63) is 58.1 Å². The molecule has 1 amide bonds. The summed E-state index contributed by atoms with van der Waals surface area (Å²) in [4.78, 5) is 13.1. The number of fused-ring (bicyclic) bond motifs is 4. The Kier molecular flexibility index (Phi) is 4.22. The van der Waals surface area contributed by atoms with Crippen LogP contribution in [0.5, 0.6) is 5.75 Å². The molecule has 0 spiro atoms. The van der Waals surface area contributed by atoms with Gasteiger partial charge < -0.3 is 20.7 Å². The second-order valence-electron chi connectivity index (χ2n) is 6.44. The molecule has 1 saturated heterocycles. The first-order valence-corrected chi connectivity index (χ1v) is 9.16. The number of halogens is 2. The molecule has 5 nitrogen and oxygen atoms in total. The molecule has 26 heavy (non-hydrogen) atoms. The van der Waals surface area contributed by atoms with Crippen molar-refractivity contribution in [2.75, 3.05) is 5.32 Å². The van der Waals surface area contributed by atoms with Gasteiger partial charge in [0.05, 0.1) is 6.04 Å². The molecule has 0 aliphatic carbocycles. The van der Waals surface area contributed by atoms with Gasteiger partial charge in [-0.05, 0) is 61.6 Å². The number of hydrogen-bond acceptors (Lipinski definition) is 3. The fourth-order valence-corrected chi connectivity index (χ4v) is 4.10. The van der Waals surface area contributed by atoms with Crippen molar-refractivity contribution >= 4 is 52.1 Å². The lowest BCUT2D eigenvalue weighted by atomic mass is 9.80. The first kappa shape index (κ1) is 17.4. The van der Waals surface area contributed by atoms with Gasteiger partial charge in [-0.2, -0.15) is 0 Å². The van der Waals surface area contributed by atoms with E-state index in [1.807, 2.05) is 6.92 Å². The van der Waals surface area contributed by atoms with Crippen LogP contribution in [0.3, 0.4) is 0 Å². The van der Waals surface area contributed by atoms with Gasteiger partial charge in [-0.15, -0.1) is 0 Å². The van der Waals surface area contributed by atoms with Gasteiger partial charge in [0, 0.05) is 21.3 Å². The number of amides is 1. The fourth-order valence-electron chi connectivity index (χ4n) is 3.47. The average Bonchev–Trinajstić information content (AvgIpc) is 2.56. The molecule has 4 rings (SSSR count). The number of carbonyl (C=O) groups excluding carboxylic acids is 1. The third-order valence-corrected chi connectivity index (χ3v) is 5.31. The molecule has 0 radical (unpaired) electrons. The Hall–Kier alpha value is -2.02. The summed E-state index contributed by atoms with van der Waals surface area (Å²) in [5, 5.41) is 10.8. The smallest absolute Gasteiger partial charge is 0.236 e. The summed E-state index contributed by atoms with van der Waals surface area (Å²) in [5.74, 6) is -0.108. The minimum absolute atomic E-state index is 0.201. The normalized spacial score (nSPS) is 26.0. The molecule has 134 valence electrons. The van der Waals surface area contributed by atoms with E-state index in [0.29, 0.717) is 26.6 Å². The van der Waals surface area contributed by atoms with Crippen LogP contribution in [-0.4, -0.2) is 16.7 Å². The monoisotopic (exact) mass is 407 g/mol. The van der Waals surface area contributed by atoms with Crippen LogP contribution in [0.25, 0.3) is 0 Å². The van der Waals surface area contributed by atoms with Crippen molar-refractivity contribution in [1.82, 2.24) is 10.6 Å². The molecule has 8 heteroatoms. The van der Waals surface area contributed by atoms with Crippen LogP contribution in [0.4, 0.5) is 5.69 Å². The van der Waals surface area contributed by atoms with Crippen molar-refractivity contribution < 1.29 is 9.53 Å². The first-order chi connectivity index (χ1) is 12.4. The quantitative estimate of drug-likeness (QED) is 0.659. The molecular weight excluding hydrogens is 393 g/mol. The molecule has 2 aromatic rings. The highest BCUT2D eigenvalue weighted by Crippen LogP contribution is 2.45. The van der Waals surface area contributed by atoms with Gasteiger partial charge >= 0.3 is 0 Å². The Balaban J connectivity index is 1.71. The summed E-state index contributed by atoms with van der Waals surface area (Å²) >= 11 is 17.4. The van der Waals surface area contributed by atoms with E-state index in [1.165, 1.54) is 0 Å². The highest BCUT2D eigenvalue weighted by molar-refractivity contribution is 7.80. The van der Waals surface area contributed by atoms with Crippen LogP contribution < -0.4 is 20.7 Å². The predicted molar refractivity (Wildman–Crippen MR) is 106 cm³/mol. The average molecular weight is 408 g/mol. The van der Waals surface area contributed by atoms with Gasteiger partial charge in [-0.1, -0.05) is 23.2 Å². The third-order valence-electron chi connectivity index (χ3n) is 4.60. The third kappa shape index (κ3) is 2.98. The number of benzene rings is 2. The molecule has 0 aromatic heterocycles. The second-order valence-corrected chi connectivity index (χ2v) is 7.72. The second kappa shape index (κ2) is 6.30. The summed E-state index contributed by atoms with van der Waals surface area (Å²) in [6.07, 6.45) is 0. The lowest BCUT2D eigenvalue weighted by molar-refractivity contribution is -0.132. The molecule has 2 aromatic carbocycles. The van der Waals surface area contributed by atoms with Gasteiger partial charge in [-0.3, -0.25) is 4.79 Å². The Labute approximate surface area is 166 Å². The number of thiocarbonyl (C=S) groups is 1. The van der Waals surface area contributed by atoms with Gasteiger partial charge in [0.15, 0.2) is 10.8 Å². The number of rotatable bonds is 2. The van der Waals surface area contributed by atoms with Crippen molar-refractivity contribution in [2.45, 2.75) is 18.7 Å². The van der Waals surface area contributed by atoms with E-state index < -0.39 is 11.6 Å². The Bertz CT molecular complexity index is 906. The standard InChI is InChI=1S/C18H15Cl2N3O2S/c1-18-14(16(24)21-11-5-2-9(19)3-6-11)15(22-17(26)23-18)12-8-10(20)4-7-13(12)25-18/h2-8,14-15H,1H3,(H,21,24)(H2,22,23,26)/t14-,15+,18-/m1/s1. The maximum absolute atomic E-state index is 13.1. The number of ether oxygens (including phenoxy) is 1. The Morgan fingerprint density at radius 1 is 1.19 bits per heavy atom.